The highest BCUT2D eigenvalue weighted by atomic mass is 32.2. The van der Waals surface area contributed by atoms with Crippen LogP contribution in [-0.2, 0) is 0 Å². The fourth-order valence-corrected chi connectivity index (χ4v) is 2.38. The summed E-state index contributed by atoms with van der Waals surface area (Å²) in [6.45, 7) is 6.20. The van der Waals surface area contributed by atoms with Crippen LogP contribution in [0, 0.1) is 0 Å². The van der Waals surface area contributed by atoms with Crippen molar-refractivity contribution >= 4 is 23.4 Å². The van der Waals surface area contributed by atoms with Crippen LogP contribution in [0.2, 0.25) is 0 Å². The Morgan fingerprint density at radius 2 is 2.06 bits per heavy atom. The van der Waals surface area contributed by atoms with Gasteiger partial charge in [-0.15, -0.1) is 0 Å². The molecule has 1 aromatic heterocycles. The van der Waals surface area contributed by atoms with Gasteiger partial charge in [0.2, 0.25) is 0 Å². The molecule has 0 aliphatic rings. The van der Waals surface area contributed by atoms with Gasteiger partial charge in [-0.3, -0.25) is 0 Å². The van der Waals surface area contributed by atoms with E-state index in [0.717, 1.165) is 24.1 Å². The molecular formula is C12H23N5S. The van der Waals surface area contributed by atoms with Gasteiger partial charge in [0.15, 0.2) is 5.16 Å². The van der Waals surface area contributed by atoms with Crippen molar-refractivity contribution in [2.24, 2.45) is 0 Å². The Hall–Kier alpha value is -1.01. The van der Waals surface area contributed by atoms with Crippen molar-refractivity contribution in [3.63, 3.8) is 0 Å². The Bertz CT molecular complexity index is 383. The first-order chi connectivity index (χ1) is 8.47. The fraction of sp³-hybridized carbons (Fsp3) is 0.667. The summed E-state index contributed by atoms with van der Waals surface area (Å²) in [7, 11) is 4.15. The smallest absolute Gasteiger partial charge is 0.191 e. The number of rotatable bonds is 6. The van der Waals surface area contributed by atoms with E-state index >= 15 is 0 Å². The zero-order valence-electron chi connectivity index (χ0n) is 11.8. The summed E-state index contributed by atoms with van der Waals surface area (Å²) in [6.07, 6.45) is 1.96. The van der Waals surface area contributed by atoms with Gasteiger partial charge >= 0.3 is 0 Å². The minimum absolute atomic E-state index is 0.383. The third kappa shape index (κ3) is 4.03. The van der Waals surface area contributed by atoms with Gasteiger partial charge in [0.25, 0.3) is 0 Å². The number of hydrogen-bond donors (Lipinski definition) is 1. The molecule has 1 atom stereocenters. The summed E-state index contributed by atoms with van der Waals surface area (Å²) in [4.78, 5) is 13.1. The maximum atomic E-state index is 5.83. The molecule has 2 N–H and O–H groups in total. The van der Waals surface area contributed by atoms with Crippen LogP contribution >= 0.6 is 11.8 Å². The van der Waals surface area contributed by atoms with E-state index in [1.54, 1.807) is 0 Å². The molecule has 1 aromatic rings. The molecule has 6 heteroatoms. The van der Waals surface area contributed by atoms with Gasteiger partial charge in [-0.25, -0.2) is 9.97 Å². The summed E-state index contributed by atoms with van der Waals surface area (Å²) in [5.41, 5.74) is 5.83. The van der Waals surface area contributed by atoms with Crippen LogP contribution in [0.15, 0.2) is 11.2 Å². The molecule has 0 radical (unpaired) electrons. The van der Waals surface area contributed by atoms with E-state index in [4.69, 9.17) is 5.73 Å². The van der Waals surface area contributed by atoms with Crippen LogP contribution in [0.4, 0.5) is 11.6 Å². The van der Waals surface area contributed by atoms with Crippen molar-refractivity contribution in [2.45, 2.75) is 25.0 Å². The fourth-order valence-electron chi connectivity index (χ4n) is 2.00. The summed E-state index contributed by atoms with van der Waals surface area (Å²) in [5, 5.41) is 0.723. The summed E-state index contributed by atoms with van der Waals surface area (Å²) in [6, 6.07) is 2.23. The minimum Gasteiger partial charge on any atom is -0.383 e. The molecule has 102 valence electrons. The molecule has 18 heavy (non-hydrogen) atoms. The van der Waals surface area contributed by atoms with Crippen LogP contribution in [0.25, 0.3) is 0 Å². The number of hydrogen-bond acceptors (Lipinski definition) is 6. The van der Waals surface area contributed by atoms with Gasteiger partial charge in [-0.05, 0) is 34.2 Å². The Balaban J connectivity index is 2.97. The number of thioether (sulfide) groups is 1. The molecule has 0 saturated carbocycles. The predicted molar refractivity (Wildman–Crippen MR) is 79.3 cm³/mol. The lowest BCUT2D eigenvalue weighted by atomic mass is 10.2. The highest BCUT2D eigenvalue weighted by Crippen LogP contribution is 2.20. The van der Waals surface area contributed by atoms with Crippen LogP contribution in [0.3, 0.4) is 0 Å². The predicted octanol–water partition coefficient (Wildman–Crippen LogP) is 1.56. The highest BCUT2D eigenvalue weighted by Gasteiger charge is 2.16. The zero-order valence-corrected chi connectivity index (χ0v) is 12.7. The molecule has 0 bridgehead atoms. The van der Waals surface area contributed by atoms with E-state index in [0.29, 0.717) is 11.9 Å². The molecule has 1 rings (SSSR count). The second kappa shape index (κ2) is 6.80. The molecule has 1 unspecified atom stereocenters. The average Bonchev–Trinajstić information content (AvgIpc) is 2.28. The maximum Gasteiger partial charge on any atom is 0.191 e. The summed E-state index contributed by atoms with van der Waals surface area (Å²) < 4.78 is 0. The van der Waals surface area contributed by atoms with E-state index in [-0.39, 0.29) is 0 Å². The Kier molecular flexibility index (Phi) is 5.68. The Labute approximate surface area is 114 Å². The lowest BCUT2D eigenvalue weighted by Gasteiger charge is -2.31. The van der Waals surface area contributed by atoms with Crippen molar-refractivity contribution in [3.05, 3.63) is 6.07 Å². The Morgan fingerprint density at radius 1 is 1.39 bits per heavy atom. The topological polar surface area (TPSA) is 58.3 Å². The second-order valence-corrected chi connectivity index (χ2v) is 5.31. The van der Waals surface area contributed by atoms with Crippen LogP contribution in [0.1, 0.15) is 13.8 Å². The second-order valence-electron chi connectivity index (χ2n) is 4.53. The lowest BCUT2D eigenvalue weighted by Crippen LogP contribution is -2.40. The van der Waals surface area contributed by atoms with Crippen molar-refractivity contribution < 1.29 is 0 Å². The van der Waals surface area contributed by atoms with Crippen molar-refractivity contribution in [1.82, 2.24) is 14.9 Å². The first-order valence-electron chi connectivity index (χ1n) is 6.07. The number of nitrogen functional groups attached to an aromatic ring is 1. The first-order valence-corrected chi connectivity index (χ1v) is 7.30. The highest BCUT2D eigenvalue weighted by molar-refractivity contribution is 7.98. The monoisotopic (exact) mass is 269 g/mol. The molecule has 0 amide bonds. The van der Waals surface area contributed by atoms with Crippen molar-refractivity contribution in [2.75, 3.05) is 44.1 Å². The number of aromatic nitrogens is 2. The standard InChI is InChI=1S/C12H23N5S/c1-6-17(9(2)8-16(3)4)11-7-10(13)14-12(15-11)18-5/h7,9H,6,8H2,1-5H3,(H2,13,14,15). The van der Waals surface area contributed by atoms with Gasteiger partial charge < -0.3 is 15.5 Å². The third-order valence-corrected chi connectivity index (χ3v) is 3.24. The average molecular weight is 269 g/mol. The number of anilines is 2. The van der Waals surface area contributed by atoms with Gasteiger partial charge in [0.05, 0.1) is 0 Å². The lowest BCUT2D eigenvalue weighted by molar-refractivity contribution is 0.372. The molecule has 1 heterocycles. The summed E-state index contributed by atoms with van der Waals surface area (Å²) >= 11 is 1.51. The van der Waals surface area contributed by atoms with E-state index in [1.165, 1.54) is 11.8 Å². The Morgan fingerprint density at radius 3 is 2.56 bits per heavy atom. The van der Waals surface area contributed by atoms with Crippen molar-refractivity contribution in [3.8, 4) is 0 Å². The molecular weight excluding hydrogens is 246 g/mol. The largest absolute Gasteiger partial charge is 0.383 e. The third-order valence-electron chi connectivity index (χ3n) is 2.69. The first kappa shape index (κ1) is 15.0. The molecule has 0 fully saturated rings. The molecule has 5 nitrogen and oxygen atoms in total. The van der Waals surface area contributed by atoms with E-state index < -0.39 is 0 Å². The molecule has 0 spiro atoms. The van der Waals surface area contributed by atoms with E-state index in [9.17, 15) is 0 Å². The number of nitrogens with zero attached hydrogens (tertiary/aromatic N) is 4. The van der Waals surface area contributed by atoms with Gasteiger partial charge in [0.1, 0.15) is 11.6 Å². The van der Waals surface area contributed by atoms with Crippen molar-refractivity contribution in [1.29, 1.82) is 0 Å². The van der Waals surface area contributed by atoms with Gasteiger partial charge in [0, 0.05) is 25.2 Å². The number of likely N-dealkylation sites (N-methyl/N-ethyl adjacent to an activating group) is 2. The molecule has 0 aromatic carbocycles. The SMILES string of the molecule is CCN(c1cc(N)nc(SC)n1)C(C)CN(C)C. The number of nitrogens with two attached hydrogens (primary N) is 1. The normalized spacial score (nSPS) is 12.8. The van der Waals surface area contributed by atoms with Crippen LogP contribution in [-0.4, -0.2) is 54.4 Å². The van der Waals surface area contributed by atoms with Crippen LogP contribution < -0.4 is 10.6 Å². The minimum atomic E-state index is 0.383. The maximum absolute atomic E-state index is 5.83. The quantitative estimate of drug-likeness (QED) is 0.625. The molecule has 0 aliphatic heterocycles. The zero-order chi connectivity index (χ0) is 13.7. The van der Waals surface area contributed by atoms with Crippen LogP contribution in [0.5, 0.6) is 0 Å². The van der Waals surface area contributed by atoms with E-state index in [1.807, 2.05) is 12.3 Å². The van der Waals surface area contributed by atoms with Gasteiger partial charge in [-0.2, -0.15) is 0 Å². The van der Waals surface area contributed by atoms with Gasteiger partial charge in [-0.1, -0.05) is 11.8 Å². The molecule has 0 aliphatic carbocycles. The van der Waals surface area contributed by atoms with E-state index in [2.05, 4.69) is 47.7 Å². The molecule has 0 saturated heterocycles. The summed E-state index contributed by atoms with van der Waals surface area (Å²) in [5.74, 6) is 1.43.